The monoisotopic (exact) mass is 282 g/mol. The highest BCUT2D eigenvalue weighted by Crippen LogP contribution is 2.23. The van der Waals surface area contributed by atoms with Crippen LogP contribution in [0, 0.1) is 5.92 Å². The van der Waals surface area contributed by atoms with Gasteiger partial charge in [0, 0.05) is 18.0 Å². The van der Waals surface area contributed by atoms with E-state index in [4.69, 9.17) is 5.11 Å². The van der Waals surface area contributed by atoms with Crippen molar-refractivity contribution < 1.29 is 14.7 Å². The molecule has 2 amide bonds. The summed E-state index contributed by atoms with van der Waals surface area (Å²) in [6.07, 6.45) is 1.53. The van der Waals surface area contributed by atoms with Gasteiger partial charge in [0.2, 0.25) is 0 Å². The van der Waals surface area contributed by atoms with Gasteiger partial charge in [0.15, 0.2) is 0 Å². The molecule has 1 aliphatic heterocycles. The number of likely N-dealkylation sites (tertiary alicyclic amines) is 1. The maximum atomic E-state index is 12.0. The Bertz CT molecular complexity index is 447. The minimum Gasteiger partial charge on any atom is -0.480 e. The molecule has 2 heterocycles. The van der Waals surface area contributed by atoms with Crippen LogP contribution in [0.1, 0.15) is 18.2 Å². The molecule has 0 radical (unpaired) electrons. The van der Waals surface area contributed by atoms with Crippen LogP contribution >= 0.6 is 11.3 Å². The minimum atomic E-state index is -0.918. The van der Waals surface area contributed by atoms with Crippen molar-refractivity contribution in [3.63, 3.8) is 0 Å². The summed E-state index contributed by atoms with van der Waals surface area (Å²) < 4.78 is 0. The lowest BCUT2D eigenvalue weighted by molar-refractivity contribution is -0.142. The van der Waals surface area contributed by atoms with E-state index in [1.54, 1.807) is 11.3 Å². The van der Waals surface area contributed by atoms with Crippen LogP contribution in [0.4, 0.5) is 4.79 Å². The number of carboxylic acid groups (broad SMARTS) is 1. The smallest absolute Gasteiger partial charge is 0.326 e. The van der Waals surface area contributed by atoms with Crippen molar-refractivity contribution >= 4 is 23.3 Å². The zero-order valence-electron chi connectivity index (χ0n) is 10.8. The van der Waals surface area contributed by atoms with E-state index < -0.39 is 12.0 Å². The van der Waals surface area contributed by atoms with Crippen LogP contribution in [0.5, 0.6) is 0 Å². The van der Waals surface area contributed by atoms with Crippen LogP contribution in [0.15, 0.2) is 17.5 Å². The second-order valence-electron chi connectivity index (χ2n) is 4.80. The predicted octanol–water partition coefficient (Wildman–Crippen LogP) is 1.80. The van der Waals surface area contributed by atoms with Gasteiger partial charge in [0.1, 0.15) is 6.04 Å². The topological polar surface area (TPSA) is 69.6 Å². The van der Waals surface area contributed by atoms with Gasteiger partial charge in [0.25, 0.3) is 0 Å². The Labute approximate surface area is 116 Å². The van der Waals surface area contributed by atoms with E-state index in [9.17, 15) is 9.59 Å². The Balaban J connectivity index is 1.84. The molecule has 0 aliphatic carbocycles. The summed E-state index contributed by atoms with van der Waals surface area (Å²) >= 11 is 1.65. The second-order valence-corrected chi connectivity index (χ2v) is 5.84. The molecule has 0 saturated carbocycles. The summed E-state index contributed by atoms with van der Waals surface area (Å²) in [6.45, 7) is 2.93. The predicted molar refractivity (Wildman–Crippen MR) is 73.3 cm³/mol. The number of amides is 2. The molecule has 19 heavy (non-hydrogen) atoms. The van der Waals surface area contributed by atoms with Crippen LogP contribution in [-0.4, -0.2) is 41.1 Å². The fourth-order valence-corrected chi connectivity index (χ4v) is 3.11. The van der Waals surface area contributed by atoms with Gasteiger partial charge in [-0.3, -0.25) is 0 Å². The van der Waals surface area contributed by atoms with E-state index in [-0.39, 0.29) is 11.9 Å². The summed E-state index contributed by atoms with van der Waals surface area (Å²) in [4.78, 5) is 25.8. The van der Waals surface area contributed by atoms with Gasteiger partial charge in [-0.2, -0.15) is 0 Å². The first-order chi connectivity index (χ1) is 9.09. The van der Waals surface area contributed by atoms with Crippen LogP contribution in [-0.2, 0) is 11.2 Å². The van der Waals surface area contributed by atoms with Crippen LogP contribution in [0.2, 0.25) is 0 Å². The average Bonchev–Trinajstić information content (AvgIpc) is 2.97. The van der Waals surface area contributed by atoms with Gasteiger partial charge < -0.3 is 15.3 Å². The standard InChI is InChI=1S/C13H18N2O3S/c1-9-5-7-15(11(9)12(16)17)13(18)14-6-4-10-3-2-8-19-10/h2-3,8-9,11H,4-7H2,1H3,(H,14,18)(H,16,17). The number of aliphatic carboxylic acids is 1. The number of hydrogen-bond acceptors (Lipinski definition) is 3. The molecule has 1 aromatic rings. The molecule has 2 atom stereocenters. The largest absolute Gasteiger partial charge is 0.480 e. The zero-order valence-corrected chi connectivity index (χ0v) is 11.7. The third-order valence-corrected chi connectivity index (χ3v) is 4.38. The SMILES string of the molecule is CC1CCN(C(=O)NCCc2cccs2)C1C(=O)O. The maximum Gasteiger partial charge on any atom is 0.326 e. The number of carbonyl (C=O) groups excluding carboxylic acids is 1. The maximum absolute atomic E-state index is 12.0. The Morgan fingerprint density at radius 1 is 1.58 bits per heavy atom. The number of thiophene rings is 1. The highest BCUT2D eigenvalue weighted by Gasteiger charge is 2.39. The van der Waals surface area contributed by atoms with Crippen LogP contribution in [0.25, 0.3) is 0 Å². The highest BCUT2D eigenvalue weighted by molar-refractivity contribution is 7.09. The Hall–Kier alpha value is -1.56. The van der Waals surface area contributed by atoms with Gasteiger partial charge in [0.05, 0.1) is 0 Å². The fraction of sp³-hybridized carbons (Fsp3) is 0.538. The number of carboxylic acids is 1. The molecule has 2 rings (SSSR count). The van der Waals surface area contributed by atoms with Crippen molar-refractivity contribution in [1.82, 2.24) is 10.2 Å². The quantitative estimate of drug-likeness (QED) is 0.884. The fourth-order valence-electron chi connectivity index (χ4n) is 2.40. The van der Waals surface area contributed by atoms with Gasteiger partial charge in [-0.15, -0.1) is 11.3 Å². The molecule has 5 nitrogen and oxygen atoms in total. The van der Waals surface area contributed by atoms with E-state index in [1.165, 1.54) is 9.78 Å². The number of rotatable bonds is 4. The van der Waals surface area contributed by atoms with Gasteiger partial charge in [-0.05, 0) is 30.2 Å². The highest BCUT2D eigenvalue weighted by atomic mass is 32.1. The van der Waals surface area contributed by atoms with Gasteiger partial charge in [-0.25, -0.2) is 9.59 Å². The van der Waals surface area contributed by atoms with Crippen molar-refractivity contribution in [2.24, 2.45) is 5.92 Å². The molecule has 2 unspecified atom stereocenters. The van der Waals surface area contributed by atoms with Crippen molar-refractivity contribution in [3.8, 4) is 0 Å². The third-order valence-electron chi connectivity index (χ3n) is 3.44. The number of nitrogens with one attached hydrogen (secondary N) is 1. The Morgan fingerprint density at radius 2 is 2.37 bits per heavy atom. The number of hydrogen-bond donors (Lipinski definition) is 2. The van der Waals surface area contributed by atoms with E-state index >= 15 is 0 Å². The first-order valence-corrected chi connectivity index (χ1v) is 7.27. The van der Waals surface area contributed by atoms with Crippen molar-refractivity contribution in [2.45, 2.75) is 25.8 Å². The summed E-state index contributed by atoms with van der Waals surface area (Å²) in [5, 5.41) is 14.0. The molecule has 0 spiro atoms. The summed E-state index contributed by atoms with van der Waals surface area (Å²) in [5.74, 6) is -0.904. The van der Waals surface area contributed by atoms with E-state index in [0.717, 1.165) is 12.8 Å². The van der Waals surface area contributed by atoms with E-state index in [1.807, 2.05) is 24.4 Å². The number of urea groups is 1. The first kappa shape index (κ1) is 13.9. The summed E-state index contributed by atoms with van der Waals surface area (Å²) in [7, 11) is 0. The van der Waals surface area contributed by atoms with Crippen molar-refractivity contribution in [3.05, 3.63) is 22.4 Å². The Kier molecular flexibility index (Phi) is 4.42. The molecule has 0 aromatic carbocycles. The molecular weight excluding hydrogens is 264 g/mol. The molecule has 1 aliphatic rings. The molecule has 104 valence electrons. The van der Waals surface area contributed by atoms with Crippen LogP contribution < -0.4 is 5.32 Å². The number of nitrogens with zero attached hydrogens (tertiary/aromatic N) is 1. The third kappa shape index (κ3) is 3.26. The molecule has 0 bridgehead atoms. The van der Waals surface area contributed by atoms with Gasteiger partial charge >= 0.3 is 12.0 Å². The lowest BCUT2D eigenvalue weighted by atomic mass is 10.0. The first-order valence-electron chi connectivity index (χ1n) is 6.39. The average molecular weight is 282 g/mol. The number of carbonyl (C=O) groups is 2. The van der Waals surface area contributed by atoms with E-state index in [2.05, 4.69) is 5.32 Å². The summed E-state index contributed by atoms with van der Waals surface area (Å²) in [6, 6.07) is 3.04. The zero-order chi connectivity index (χ0) is 13.8. The molecule has 6 heteroatoms. The Morgan fingerprint density at radius 3 is 3.00 bits per heavy atom. The minimum absolute atomic E-state index is 0.0144. The van der Waals surface area contributed by atoms with Crippen molar-refractivity contribution in [2.75, 3.05) is 13.1 Å². The molecule has 1 saturated heterocycles. The van der Waals surface area contributed by atoms with Crippen LogP contribution in [0.3, 0.4) is 0 Å². The molecule has 2 N–H and O–H groups in total. The normalized spacial score (nSPS) is 22.5. The molecular formula is C13H18N2O3S. The lowest BCUT2D eigenvalue weighted by Crippen LogP contribution is -2.47. The van der Waals surface area contributed by atoms with Gasteiger partial charge in [-0.1, -0.05) is 13.0 Å². The summed E-state index contributed by atoms with van der Waals surface area (Å²) in [5.41, 5.74) is 0. The lowest BCUT2D eigenvalue weighted by Gasteiger charge is -2.23. The second kappa shape index (κ2) is 6.06. The molecule has 1 fully saturated rings. The van der Waals surface area contributed by atoms with E-state index in [0.29, 0.717) is 13.1 Å². The van der Waals surface area contributed by atoms with Crippen molar-refractivity contribution in [1.29, 1.82) is 0 Å². The molecule has 1 aromatic heterocycles.